The van der Waals surface area contributed by atoms with Crippen LogP contribution in [-0.2, 0) is 11.8 Å². The van der Waals surface area contributed by atoms with Gasteiger partial charge in [0.25, 0.3) is 0 Å². The first-order chi connectivity index (χ1) is 18.6. The number of aromatic nitrogens is 3. The molecule has 1 atom stereocenters. The summed E-state index contributed by atoms with van der Waals surface area (Å²) >= 11 is 6.53. The lowest BCUT2D eigenvalue weighted by molar-refractivity contribution is -0.114. The lowest BCUT2D eigenvalue weighted by Crippen LogP contribution is -2.49. The van der Waals surface area contributed by atoms with Gasteiger partial charge in [-0.25, -0.2) is 14.2 Å². The normalized spacial score (nSPS) is 15.4. The number of hydrogen-bond acceptors (Lipinski definition) is 6. The van der Waals surface area contributed by atoms with Crippen LogP contribution < -0.4 is 21.2 Å². The highest BCUT2D eigenvalue weighted by Gasteiger charge is 2.21. The number of phenolic OH excluding ortho intramolecular Hbond substituents is 1. The molecule has 5 rings (SSSR count). The minimum Gasteiger partial charge on any atom is -0.507 e. The summed E-state index contributed by atoms with van der Waals surface area (Å²) in [5, 5.41) is 17.7. The van der Waals surface area contributed by atoms with Crippen LogP contribution in [0.5, 0.6) is 5.75 Å². The number of aromatic hydroxyl groups is 1. The maximum absolute atomic E-state index is 15.0. The Balaban J connectivity index is 1.60. The van der Waals surface area contributed by atoms with Crippen LogP contribution in [0.1, 0.15) is 13.8 Å². The average Bonchev–Trinajstić information content (AvgIpc) is 3.22. The van der Waals surface area contributed by atoms with Crippen LogP contribution in [0.2, 0.25) is 5.02 Å². The Bertz CT molecular complexity index is 1630. The summed E-state index contributed by atoms with van der Waals surface area (Å²) < 4.78 is 17.8. The van der Waals surface area contributed by atoms with Crippen LogP contribution >= 0.6 is 11.6 Å². The molecule has 0 unspecified atom stereocenters. The standard InChI is InChI=1S/C28H28ClFN6O3/c1-16-15-35(7-6-31-16)26-12-19(11-25(33-26)32-17(2)37)22-14-20(30)13-21(27(22)38)18-4-5-24(23(29)10-18)36-9-8-34(3)28(36)39/h4-5,8-14,16,31,38H,6-7,15H2,1-3H3,(H,32,33,37)/t16-/m1/s1. The molecule has 3 N–H and O–H groups in total. The third-order valence-corrected chi connectivity index (χ3v) is 6.96. The van der Waals surface area contributed by atoms with Crippen LogP contribution in [0, 0.1) is 5.82 Å². The fourth-order valence-electron chi connectivity index (χ4n) is 4.77. The number of halogens is 2. The van der Waals surface area contributed by atoms with Crippen molar-refractivity contribution in [1.82, 2.24) is 19.4 Å². The lowest BCUT2D eigenvalue weighted by Gasteiger charge is -2.33. The Hall–Kier alpha value is -4.15. The zero-order chi connectivity index (χ0) is 27.8. The number of piperazine rings is 1. The maximum Gasteiger partial charge on any atom is 0.332 e. The molecule has 0 aliphatic carbocycles. The van der Waals surface area contributed by atoms with E-state index in [1.165, 1.54) is 28.2 Å². The second kappa shape index (κ2) is 10.5. The smallest absolute Gasteiger partial charge is 0.332 e. The van der Waals surface area contributed by atoms with Gasteiger partial charge in [0.1, 0.15) is 23.2 Å². The number of amides is 1. The van der Waals surface area contributed by atoms with E-state index >= 15 is 4.39 Å². The van der Waals surface area contributed by atoms with Gasteiger partial charge in [0.15, 0.2) is 0 Å². The monoisotopic (exact) mass is 550 g/mol. The van der Waals surface area contributed by atoms with E-state index in [1.54, 1.807) is 49.8 Å². The van der Waals surface area contributed by atoms with Crippen molar-refractivity contribution in [2.75, 3.05) is 29.9 Å². The van der Waals surface area contributed by atoms with Gasteiger partial charge < -0.3 is 25.2 Å². The third-order valence-electron chi connectivity index (χ3n) is 6.66. The van der Waals surface area contributed by atoms with E-state index in [0.717, 1.165) is 6.54 Å². The predicted molar refractivity (Wildman–Crippen MR) is 150 cm³/mol. The Morgan fingerprint density at radius 1 is 1.15 bits per heavy atom. The van der Waals surface area contributed by atoms with E-state index in [1.807, 2.05) is 0 Å². The molecule has 1 aliphatic heterocycles. The number of hydrogen-bond donors (Lipinski definition) is 3. The number of pyridine rings is 1. The molecule has 202 valence electrons. The zero-order valence-electron chi connectivity index (χ0n) is 21.7. The fraction of sp³-hybridized carbons (Fsp3) is 0.250. The Morgan fingerprint density at radius 3 is 2.54 bits per heavy atom. The summed E-state index contributed by atoms with van der Waals surface area (Å²) in [6.07, 6.45) is 3.23. The summed E-state index contributed by atoms with van der Waals surface area (Å²) in [6, 6.07) is 11.0. The molecule has 1 saturated heterocycles. The number of benzene rings is 2. The van der Waals surface area contributed by atoms with Gasteiger partial charge in [0.05, 0.1) is 10.7 Å². The number of carbonyl (C=O) groups is 1. The molecule has 9 nitrogen and oxygen atoms in total. The molecule has 0 saturated carbocycles. The van der Waals surface area contributed by atoms with Crippen LogP contribution in [0.15, 0.2) is 59.7 Å². The first-order valence-corrected chi connectivity index (χ1v) is 12.8. The molecule has 0 bridgehead atoms. The van der Waals surface area contributed by atoms with Crippen molar-refractivity contribution in [3.05, 3.63) is 76.2 Å². The number of anilines is 2. The molecule has 0 spiro atoms. The van der Waals surface area contributed by atoms with Gasteiger partial charge in [-0.15, -0.1) is 0 Å². The second-order valence-corrected chi connectivity index (χ2v) is 10.1. The highest BCUT2D eigenvalue weighted by molar-refractivity contribution is 6.32. The Labute approximate surface area is 229 Å². The van der Waals surface area contributed by atoms with Gasteiger partial charge in [0, 0.05) is 63.2 Å². The fourth-order valence-corrected chi connectivity index (χ4v) is 5.05. The largest absolute Gasteiger partial charge is 0.507 e. The van der Waals surface area contributed by atoms with Crippen LogP contribution in [0.25, 0.3) is 27.9 Å². The van der Waals surface area contributed by atoms with Crippen molar-refractivity contribution < 1.29 is 14.3 Å². The van der Waals surface area contributed by atoms with Gasteiger partial charge in [-0.2, -0.15) is 0 Å². The highest BCUT2D eigenvalue weighted by Crippen LogP contribution is 2.41. The van der Waals surface area contributed by atoms with Crippen molar-refractivity contribution in [3.63, 3.8) is 0 Å². The number of nitrogens with zero attached hydrogens (tertiary/aromatic N) is 4. The predicted octanol–water partition coefficient (Wildman–Crippen LogP) is 4.16. The number of rotatable bonds is 5. The topological polar surface area (TPSA) is 104 Å². The average molecular weight is 551 g/mol. The summed E-state index contributed by atoms with van der Waals surface area (Å²) in [7, 11) is 1.64. The van der Waals surface area contributed by atoms with Crippen molar-refractivity contribution >= 4 is 29.1 Å². The number of phenols is 1. The van der Waals surface area contributed by atoms with Crippen molar-refractivity contribution in [3.8, 4) is 33.7 Å². The van der Waals surface area contributed by atoms with Crippen molar-refractivity contribution in [2.24, 2.45) is 7.05 Å². The van der Waals surface area contributed by atoms with Crippen LogP contribution in [0.4, 0.5) is 16.0 Å². The Morgan fingerprint density at radius 2 is 1.90 bits per heavy atom. The van der Waals surface area contributed by atoms with E-state index in [-0.39, 0.29) is 39.5 Å². The van der Waals surface area contributed by atoms with Gasteiger partial charge >= 0.3 is 5.69 Å². The molecule has 0 radical (unpaired) electrons. The van der Waals surface area contributed by atoms with E-state index in [0.29, 0.717) is 41.5 Å². The molecular formula is C28H28ClFN6O3. The number of carbonyl (C=O) groups excluding carboxylic acids is 1. The van der Waals surface area contributed by atoms with Gasteiger partial charge in [-0.05, 0) is 54.4 Å². The zero-order valence-corrected chi connectivity index (χ0v) is 22.5. The second-order valence-electron chi connectivity index (χ2n) is 9.66. The van der Waals surface area contributed by atoms with Gasteiger partial charge in [-0.1, -0.05) is 17.7 Å². The molecule has 2 aromatic heterocycles. The van der Waals surface area contributed by atoms with Gasteiger partial charge in [-0.3, -0.25) is 9.36 Å². The molecule has 3 heterocycles. The minimum atomic E-state index is -0.562. The highest BCUT2D eigenvalue weighted by atomic mass is 35.5. The van der Waals surface area contributed by atoms with E-state index in [2.05, 4.69) is 27.4 Å². The van der Waals surface area contributed by atoms with Crippen LogP contribution in [0.3, 0.4) is 0 Å². The number of imidazole rings is 1. The molecule has 2 aromatic carbocycles. The summed E-state index contributed by atoms with van der Waals surface area (Å²) in [5.41, 5.74) is 1.64. The molecule has 4 aromatic rings. The quantitative estimate of drug-likeness (QED) is 0.345. The first-order valence-electron chi connectivity index (χ1n) is 12.5. The molecule has 1 aliphatic rings. The molecule has 1 amide bonds. The lowest BCUT2D eigenvalue weighted by atomic mass is 9.97. The molecule has 11 heteroatoms. The van der Waals surface area contributed by atoms with Crippen molar-refractivity contribution in [1.29, 1.82) is 0 Å². The first kappa shape index (κ1) is 26.5. The summed E-state index contributed by atoms with van der Waals surface area (Å²) in [5.74, 6) is -0.109. The van der Waals surface area contributed by atoms with E-state index in [4.69, 9.17) is 11.6 Å². The van der Waals surface area contributed by atoms with Crippen molar-refractivity contribution in [2.45, 2.75) is 19.9 Å². The maximum atomic E-state index is 15.0. The van der Waals surface area contributed by atoms with Crippen LogP contribution in [-0.4, -0.2) is 50.8 Å². The number of nitrogens with one attached hydrogen (secondary N) is 2. The van der Waals surface area contributed by atoms with Gasteiger partial charge in [0.2, 0.25) is 5.91 Å². The Kier molecular flexibility index (Phi) is 7.16. The number of aryl methyl sites for hydroxylation is 1. The third kappa shape index (κ3) is 5.39. The molecule has 39 heavy (non-hydrogen) atoms. The molecular weight excluding hydrogens is 523 g/mol. The minimum absolute atomic E-state index is 0.156. The SMILES string of the molecule is CC(=O)Nc1cc(-c2cc(F)cc(-c3ccc(-n4ccn(C)c4=O)c(Cl)c3)c2O)cc(N2CCN[C@H](C)C2)n1. The molecule has 1 fully saturated rings. The van der Waals surface area contributed by atoms with E-state index < -0.39 is 5.82 Å². The van der Waals surface area contributed by atoms with E-state index in [9.17, 15) is 14.7 Å². The summed E-state index contributed by atoms with van der Waals surface area (Å²) in [4.78, 5) is 30.9. The summed E-state index contributed by atoms with van der Waals surface area (Å²) in [6.45, 7) is 5.63.